The lowest BCUT2D eigenvalue weighted by molar-refractivity contribution is -0.384. The quantitative estimate of drug-likeness (QED) is 0.479. The average Bonchev–Trinajstić information content (AvgIpc) is 2.56. The number of halogens is 1. The first-order valence-corrected chi connectivity index (χ1v) is 7.06. The molecule has 2 aromatic rings. The van der Waals surface area contributed by atoms with Crippen LogP contribution in [0.25, 0.3) is 0 Å². The van der Waals surface area contributed by atoms with Crippen LogP contribution in [0, 0.1) is 15.9 Å². The van der Waals surface area contributed by atoms with Crippen molar-refractivity contribution in [1.29, 1.82) is 0 Å². The monoisotopic (exact) mass is 330 g/mol. The number of hydrogen-bond acceptors (Lipinski definition) is 4. The van der Waals surface area contributed by atoms with Crippen LogP contribution >= 0.6 is 0 Å². The van der Waals surface area contributed by atoms with E-state index in [0.717, 1.165) is 0 Å². The number of carbonyl (C=O) groups is 1. The minimum absolute atomic E-state index is 0.0566. The lowest BCUT2D eigenvalue weighted by Crippen LogP contribution is -2.21. The van der Waals surface area contributed by atoms with E-state index >= 15 is 0 Å². The summed E-state index contributed by atoms with van der Waals surface area (Å²) in [5, 5.41) is 13.2. The molecule has 2 rings (SSSR count). The predicted molar refractivity (Wildman–Crippen MR) is 87.5 cm³/mol. The van der Waals surface area contributed by atoms with Gasteiger partial charge in [0.25, 0.3) is 11.6 Å². The highest BCUT2D eigenvalue weighted by Crippen LogP contribution is 2.25. The molecule has 6 nitrogen and oxygen atoms in total. The highest BCUT2D eigenvalue weighted by atomic mass is 19.1. The van der Waals surface area contributed by atoms with Crippen molar-refractivity contribution in [1.82, 2.24) is 0 Å². The van der Waals surface area contributed by atoms with E-state index in [2.05, 4.69) is 11.9 Å². The van der Waals surface area contributed by atoms with Gasteiger partial charge in [-0.15, -0.1) is 6.58 Å². The normalized spacial score (nSPS) is 10.0. The molecule has 0 heterocycles. The van der Waals surface area contributed by atoms with E-state index < -0.39 is 16.6 Å². The molecule has 2 aromatic carbocycles. The number of non-ortho nitro benzene ring substituents is 1. The predicted octanol–water partition coefficient (Wildman–Crippen LogP) is 3.48. The zero-order valence-electron chi connectivity index (χ0n) is 12.7. The molecule has 0 saturated heterocycles. The molecule has 0 aliphatic carbocycles. The van der Waals surface area contributed by atoms with Crippen molar-refractivity contribution in [2.75, 3.05) is 11.9 Å². The number of rotatable bonds is 7. The van der Waals surface area contributed by atoms with Crippen LogP contribution in [0.4, 0.5) is 15.8 Å². The number of anilines is 1. The Hall–Kier alpha value is -3.22. The third-order valence-electron chi connectivity index (χ3n) is 3.13. The van der Waals surface area contributed by atoms with Crippen LogP contribution in [0.3, 0.4) is 0 Å². The SMILES string of the molecule is C=CCc1cc([N+](=O)[O-])ccc1OCC(=O)Nc1ccccc1F. The maximum Gasteiger partial charge on any atom is 0.269 e. The summed E-state index contributed by atoms with van der Waals surface area (Å²) in [5.41, 5.74) is 0.522. The van der Waals surface area contributed by atoms with Crippen LogP contribution in [-0.2, 0) is 11.2 Å². The van der Waals surface area contributed by atoms with E-state index in [0.29, 0.717) is 17.7 Å². The van der Waals surface area contributed by atoms with Gasteiger partial charge in [0.2, 0.25) is 0 Å². The van der Waals surface area contributed by atoms with Gasteiger partial charge in [-0.25, -0.2) is 4.39 Å². The molecule has 0 radical (unpaired) electrons. The Bertz CT molecular complexity index is 777. The third kappa shape index (κ3) is 4.39. The molecule has 1 amide bonds. The number of amides is 1. The van der Waals surface area contributed by atoms with Gasteiger partial charge < -0.3 is 10.1 Å². The number of ether oxygens (including phenoxy) is 1. The molecule has 0 saturated carbocycles. The summed E-state index contributed by atoms with van der Waals surface area (Å²) in [4.78, 5) is 22.1. The third-order valence-corrected chi connectivity index (χ3v) is 3.13. The molecule has 124 valence electrons. The molecule has 0 aliphatic heterocycles. The second-order valence-electron chi connectivity index (χ2n) is 4.86. The molecule has 0 aliphatic rings. The number of allylic oxidation sites excluding steroid dienone is 1. The fourth-order valence-corrected chi connectivity index (χ4v) is 2.03. The number of nitro benzene ring substituents is 1. The van der Waals surface area contributed by atoms with Crippen LogP contribution in [0.15, 0.2) is 55.1 Å². The Morgan fingerprint density at radius 1 is 1.33 bits per heavy atom. The molecule has 7 heteroatoms. The van der Waals surface area contributed by atoms with Crippen molar-refractivity contribution in [3.8, 4) is 5.75 Å². The first-order chi connectivity index (χ1) is 11.5. The standard InChI is InChI=1S/C17H15FN2O4/c1-2-5-12-10-13(20(22)23)8-9-16(12)24-11-17(21)19-15-7-4-3-6-14(15)18/h2-4,6-10H,1,5,11H2,(H,19,21). The van der Waals surface area contributed by atoms with Crippen molar-refractivity contribution in [2.24, 2.45) is 0 Å². The van der Waals surface area contributed by atoms with Gasteiger partial charge in [0.05, 0.1) is 10.6 Å². The fourth-order valence-electron chi connectivity index (χ4n) is 2.03. The van der Waals surface area contributed by atoms with E-state index in [1.54, 1.807) is 12.1 Å². The Morgan fingerprint density at radius 3 is 2.75 bits per heavy atom. The van der Waals surface area contributed by atoms with Gasteiger partial charge in [0.15, 0.2) is 6.61 Å². The maximum absolute atomic E-state index is 13.5. The minimum Gasteiger partial charge on any atom is -0.483 e. The average molecular weight is 330 g/mol. The van der Waals surface area contributed by atoms with Crippen molar-refractivity contribution in [3.63, 3.8) is 0 Å². The fraction of sp³-hybridized carbons (Fsp3) is 0.118. The Morgan fingerprint density at radius 2 is 2.08 bits per heavy atom. The van der Waals surface area contributed by atoms with E-state index in [-0.39, 0.29) is 18.0 Å². The molecule has 0 unspecified atom stereocenters. The number of benzene rings is 2. The summed E-state index contributed by atoms with van der Waals surface area (Å²) in [6.07, 6.45) is 1.93. The summed E-state index contributed by atoms with van der Waals surface area (Å²) in [6, 6.07) is 9.85. The Labute approximate surface area is 137 Å². The molecule has 0 atom stereocenters. The van der Waals surface area contributed by atoms with Crippen molar-refractivity contribution in [2.45, 2.75) is 6.42 Å². The number of carbonyl (C=O) groups excluding carboxylic acids is 1. The zero-order valence-corrected chi connectivity index (χ0v) is 12.7. The number of hydrogen-bond donors (Lipinski definition) is 1. The second kappa shape index (κ2) is 7.87. The maximum atomic E-state index is 13.5. The van der Waals surface area contributed by atoms with Gasteiger partial charge in [-0.1, -0.05) is 18.2 Å². The summed E-state index contributed by atoms with van der Waals surface area (Å²) < 4.78 is 18.9. The van der Waals surface area contributed by atoms with Crippen LogP contribution in [0.2, 0.25) is 0 Å². The number of nitrogens with one attached hydrogen (secondary N) is 1. The van der Waals surface area contributed by atoms with Crippen LogP contribution < -0.4 is 10.1 Å². The van der Waals surface area contributed by atoms with Gasteiger partial charge in [0.1, 0.15) is 11.6 Å². The lowest BCUT2D eigenvalue weighted by atomic mass is 10.1. The largest absolute Gasteiger partial charge is 0.483 e. The van der Waals surface area contributed by atoms with Crippen molar-refractivity contribution in [3.05, 3.63) is 76.6 Å². The molecule has 0 fully saturated rings. The first-order valence-electron chi connectivity index (χ1n) is 7.06. The Kier molecular flexibility index (Phi) is 5.62. The van der Waals surface area contributed by atoms with Crippen molar-refractivity contribution >= 4 is 17.3 Å². The summed E-state index contributed by atoms with van der Waals surface area (Å²) in [6.45, 7) is 3.24. The smallest absolute Gasteiger partial charge is 0.269 e. The van der Waals surface area contributed by atoms with Gasteiger partial charge in [-0.2, -0.15) is 0 Å². The van der Waals surface area contributed by atoms with Gasteiger partial charge in [-0.3, -0.25) is 14.9 Å². The number of nitro groups is 1. The summed E-state index contributed by atoms with van der Waals surface area (Å²) in [5.74, 6) is -0.749. The van der Waals surface area contributed by atoms with E-state index in [1.807, 2.05) is 0 Å². The first kappa shape index (κ1) is 17.1. The summed E-state index contributed by atoms with van der Waals surface area (Å²) >= 11 is 0. The lowest BCUT2D eigenvalue weighted by Gasteiger charge is -2.11. The topological polar surface area (TPSA) is 81.5 Å². The Balaban J connectivity index is 2.05. The van der Waals surface area contributed by atoms with Crippen LogP contribution in [0.5, 0.6) is 5.75 Å². The highest BCUT2D eigenvalue weighted by Gasteiger charge is 2.13. The van der Waals surface area contributed by atoms with E-state index in [1.165, 1.54) is 36.4 Å². The highest BCUT2D eigenvalue weighted by molar-refractivity contribution is 5.92. The van der Waals surface area contributed by atoms with Crippen LogP contribution in [-0.4, -0.2) is 17.4 Å². The zero-order chi connectivity index (χ0) is 17.5. The van der Waals surface area contributed by atoms with Crippen LogP contribution in [0.1, 0.15) is 5.56 Å². The molecule has 0 aromatic heterocycles. The molecule has 0 spiro atoms. The number of nitrogens with zero attached hydrogens (tertiary/aromatic N) is 1. The van der Waals surface area contributed by atoms with Gasteiger partial charge in [0, 0.05) is 17.7 Å². The molecular formula is C17H15FN2O4. The van der Waals surface area contributed by atoms with Gasteiger partial charge >= 0.3 is 0 Å². The van der Waals surface area contributed by atoms with E-state index in [9.17, 15) is 19.3 Å². The van der Waals surface area contributed by atoms with Crippen molar-refractivity contribution < 1.29 is 18.8 Å². The minimum atomic E-state index is -0.548. The van der Waals surface area contributed by atoms with E-state index in [4.69, 9.17) is 4.74 Å². The van der Waals surface area contributed by atoms with Gasteiger partial charge in [-0.05, 0) is 24.6 Å². The number of para-hydroxylation sites is 1. The molecule has 1 N–H and O–H groups in total. The summed E-state index contributed by atoms with van der Waals surface area (Å²) in [7, 11) is 0. The molecule has 24 heavy (non-hydrogen) atoms. The molecule has 0 bridgehead atoms. The second-order valence-corrected chi connectivity index (χ2v) is 4.86. The molecular weight excluding hydrogens is 315 g/mol.